The van der Waals surface area contributed by atoms with Gasteiger partial charge in [0.2, 0.25) is 0 Å². The molecule has 1 aliphatic carbocycles. The van der Waals surface area contributed by atoms with Crippen LogP contribution in [0.5, 0.6) is 0 Å². The third kappa shape index (κ3) is 5.11. The number of para-hydroxylation sites is 1. The molecule has 1 aliphatic rings. The zero-order valence-electron chi connectivity index (χ0n) is 20.3. The molecule has 4 aromatic rings. The molecule has 0 fully saturated rings. The van der Waals surface area contributed by atoms with Crippen LogP contribution in [0.15, 0.2) is 78.9 Å². The fraction of sp³-hybridized carbons (Fsp3) is 0.133. The third-order valence-corrected chi connectivity index (χ3v) is 6.26. The first-order chi connectivity index (χ1) is 18.0. The number of benzene rings is 3. The maximum absolute atomic E-state index is 13.3. The molecule has 7 nitrogen and oxygen atoms in total. The van der Waals surface area contributed by atoms with Crippen LogP contribution in [0.2, 0.25) is 0 Å². The van der Waals surface area contributed by atoms with E-state index in [0.29, 0.717) is 34.1 Å². The van der Waals surface area contributed by atoms with Gasteiger partial charge in [0.1, 0.15) is 0 Å². The van der Waals surface area contributed by atoms with Gasteiger partial charge in [-0.2, -0.15) is 0 Å². The van der Waals surface area contributed by atoms with Gasteiger partial charge in [0.05, 0.1) is 16.8 Å². The molecule has 0 unspecified atom stereocenters. The number of allylic oxidation sites excluding steroid dienone is 1. The number of aromatic nitrogens is 1. The Kier molecular flexibility index (Phi) is 6.76. The van der Waals surface area contributed by atoms with E-state index in [1.807, 2.05) is 54.6 Å². The first kappa shape index (κ1) is 23.9. The van der Waals surface area contributed by atoms with Crippen molar-refractivity contribution in [2.75, 3.05) is 19.0 Å². The largest absolute Gasteiger partial charge is 0.452 e. The predicted molar refractivity (Wildman–Crippen MR) is 143 cm³/mol. The summed E-state index contributed by atoms with van der Waals surface area (Å²) in [5.74, 6) is -1.33. The van der Waals surface area contributed by atoms with E-state index in [-0.39, 0.29) is 5.91 Å². The van der Waals surface area contributed by atoms with Gasteiger partial charge < -0.3 is 15.4 Å². The molecule has 0 bridgehead atoms. The molecule has 0 aliphatic heterocycles. The van der Waals surface area contributed by atoms with Crippen molar-refractivity contribution in [1.29, 1.82) is 0 Å². The van der Waals surface area contributed by atoms with Crippen LogP contribution in [0, 0.1) is 0 Å². The fourth-order valence-electron chi connectivity index (χ4n) is 4.55. The van der Waals surface area contributed by atoms with Crippen molar-refractivity contribution in [3.05, 3.63) is 107 Å². The van der Waals surface area contributed by atoms with E-state index in [4.69, 9.17) is 9.72 Å². The van der Waals surface area contributed by atoms with E-state index in [9.17, 15) is 14.4 Å². The fourth-order valence-corrected chi connectivity index (χ4v) is 4.55. The number of pyridine rings is 1. The SMILES string of the molecule is CNC(=O)c1cccc(NC(=O)COC(=O)c2c3c(nc4ccccc24)/C(=C/c2ccccc2)CC3)c1. The van der Waals surface area contributed by atoms with Gasteiger partial charge in [0.25, 0.3) is 11.8 Å². The zero-order chi connectivity index (χ0) is 25.8. The highest BCUT2D eigenvalue weighted by molar-refractivity contribution is 6.08. The predicted octanol–water partition coefficient (Wildman–Crippen LogP) is 4.88. The molecule has 0 atom stereocenters. The second-order valence-corrected chi connectivity index (χ2v) is 8.70. The number of carbonyl (C=O) groups is 3. The Morgan fingerprint density at radius 2 is 1.73 bits per heavy atom. The van der Waals surface area contributed by atoms with Gasteiger partial charge in [-0.05, 0) is 59.9 Å². The molecule has 37 heavy (non-hydrogen) atoms. The molecule has 0 spiro atoms. The summed E-state index contributed by atoms with van der Waals surface area (Å²) < 4.78 is 5.47. The maximum atomic E-state index is 13.3. The highest BCUT2D eigenvalue weighted by atomic mass is 16.5. The first-order valence-corrected chi connectivity index (χ1v) is 12.0. The number of esters is 1. The van der Waals surface area contributed by atoms with Crippen molar-refractivity contribution in [2.24, 2.45) is 0 Å². The summed E-state index contributed by atoms with van der Waals surface area (Å²) in [4.78, 5) is 42.6. The van der Waals surface area contributed by atoms with Gasteiger partial charge in [-0.25, -0.2) is 9.78 Å². The Labute approximate surface area is 214 Å². The molecular weight excluding hydrogens is 466 g/mol. The average Bonchev–Trinajstić information content (AvgIpc) is 3.32. The van der Waals surface area contributed by atoms with Crippen LogP contribution in [0.4, 0.5) is 5.69 Å². The van der Waals surface area contributed by atoms with Crippen LogP contribution in [0.1, 0.15) is 44.0 Å². The Morgan fingerprint density at radius 1 is 0.946 bits per heavy atom. The summed E-state index contributed by atoms with van der Waals surface area (Å²) in [7, 11) is 1.53. The number of nitrogens with one attached hydrogen (secondary N) is 2. The number of amides is 2. The molecule has 5 rings (SSSR count). The minimum Gasteiger partial charge on any atom is -0.452 e. The Morgan fingerprint density at radius 3 is 2.54 bits per heavy atom. The van der Waals surface area contributed by atoms with E-state index >= 15 is 0 Å². The lowest BCUT2D eigenvalue weighted by Gasteiger charge is -2.13. The standard InChI is InChI=1S/C30H25N3O4/c1-31-29(35)21-10-7-11-22(17-21)32-26(34)18-37-30(36)27-23-12-5-6-13-25(23)33-28-20(14-15-24(27)28)16-19-8-3-2-4-9-19/h2-13,16-17H,14-15,18H2,1H3,(H,31,35)(H,32,34)/b20-16+. The van der Waals surface area contributed by atoms with Crippen LogP contribution < -0.4 is 10.6 Å². The molecule has 0 radical (unpaired) electrons. The van der Waals surface area contributed by atoms with E-state index in [2.05, 4.69) is 16.7 Å². The summed E-state index contributed by atoms with van der Waals surface area (Å²) in [6.45, 7) is -0.457. The molecule has 2 amide bonds. The molecule has 2 N–H and O–H groups in total. The number of nitrogens with zero attached hydrogens (tertiary/aromatic N) is 1. The number of rotatable bonds is 6. The summed E-state index contributed by atoms with van der Waals surface area (Å²) in [6, 6.07) is 24.0. The molecule has 184 valence electrons. The maximum Gasteiger partial charge on any atom is 0.339 e. The third-order valence-electron chi connectivity index (χ3n) is 6.26. The number of carbonyl (C=O) groups excluding carboxylic acids is 3. The summed E-state index contributed by atoms with van der Waals surface area (Å²) in [5.41, 5.74) is 5.77. The normalized spacial score (nSPS) is 13.3. The van der Waals surface area contributed by atoms with Crippen molar-refractivity contribution in [2.45, 2.75) is 12.8 Å². The lowest BCUT2D eigenvalue weighted by molar-refractivity contribution is -0.119. The van der Waals surface area contributed by atoms with Crippen molar-refractivity contribution in [3.63, 3.8) is 0 Å². The molecule has 1 heterocycles. The molecule has 3 aromatic carbocycles. The molecular formula is C30H25N3O4. The van der Waals surface area contributed by atoms with Crippen molar-refractivity contribution in [1.82, 2.24) is 10.3 Å². The lowest BCUT2D eigenvalue weighted by Crippen LogP contribution is -2.22. The van der Waals surface area contributed by atoms with E-state index in [0.717, 1.165) is 28.8 Å². The van der Waals surface area contributed by atoms with Crippen LogP contribution in [0.3, 0.4) is 0 Å². The molecule has 0 saturated heterocycles. The molecule has 7 heteroatoms. The Balaban J connectivity index is 1.38. The number of hydrogen-bond donors (Lipinski definition) is 2. The van der Waals surface area contributed by atoms with Gasteiger partial charge in [-0.1, -0.05) is 54.6 Å². The Hall–Kier alpha value is -4.78. The number of fused-ring (bicyclic) bond motifs is 2. The first-order valence-electron chi connectivity index (χ1n) is 12.0. The molecule has 0 saturated carbocycles. The monoisotopic (exact) mass is 491 g/mol. The van der Waals surface area contributed by atoms with E-state index in [1.54, 1.807) is 24.3 Å². The quantitative estimate of drug-likeness (QED) is 0.375. The van der Waals surface area contributed by atoms with Gasteiger partial charge in [0.15, 0.2) is 6.61 Å². The van der Waals surface area contributed by atoms with Crippen molar-refractivity contribution >= 4 is 46.0 Å². The van der Waals surface area contributed by atoms with E-state index < -0.39 is 18.5 Å². The van der Waals surface area contributed by atoms with Gasteiger partial charge >= 0.3 is 5.97 Å². The zero-order valence-corrected chi connectivity index (χ0v) is 20.3. The summed E-state index contributed by atoms with van der Waals surface area (Å²) in [5, 5.41) is 5.92. The minimum absolute atomic E-state index is 0.262. The van der Waals surface area contributed by atoms with Gasteiger partial charge in [-0.3, -0.25) is 9.59 Å². The van der Waals surface area contributed by atoms with Crippen LogP contribution in [-0.4, -0.2) is 36.4 Å². The smallest absolute Gasteiger partial charge is 0.339 e. The lowest BCUT2D eigenvalue weighted by atomic mass is 10.0. The van der Waals surface area contributed by atoms with Crippen LogP contribution in [0.25, 0.3) is 22.6 Å². The summed E-state index contributed by atoms with van der Waals surface area (Å²) >= 11 is 0. The van der Waals surface area contributed by atoms with Gasteiger partial charge in [-0.15, -0.1) is 0 Å². The van der Waals surface area contributed by atoms with E-state index in [1.165, 1.54) is 7.05 Å². The van der Waals surface area contributed by atoms with Crippen molar-refractivity contribution in [3.8, 4) is 0 Å². The van der Waals surface area contributed by atoms with Crippen molar-refractivity contribution < 1.29 is 19.1 Å². The minimum atomic E-state index is -0.565. The average molecular weight is 492 g/mol. The highest BCUT2D eigenvalue weighted by Gasteiger charge is 2.28. The van der Waals surface area contributed by atoms with Crippen LogP contribution >= 0.6 is 0 Å². The topological polar surface area (TPSA) is 97.4 Å². The number of hydrogen-bond acceptors (Lipinski definition) is 5. The Bertz CT molecular complexity index is 1540. The second kappa shape index (κ2) is 10.5. The second-order valence-electron chi connectivity index (χ2n) is 8.70. The highest BCUT2D eigenvalue weighted by Crippen LogP contribution is 2.37. The number of ether oxygens (including phenoxy) is 1. The molecule has 1 aromatic heterocycles. The number of anilines is 1. The van der Waals surface area contributed by atoms with Gasteiger partial charge in [0, 0.05) is 23.7 Å². The summed E-state index contributed by atoms with van der Waals surface area (Å²) in [6.07, 6.45) is 3.52. The van der Waals surface area contributed by atoms with Crippen LogP contribution in [-0.2, 0) is 16.0 Å².